The number of aryl methyl sites for hydroxylation is 1. The average molecular weight is 539 g/mol. The van der Waals surface area contributed by atoms with Gasteiger partial charge in [-0.25, -0.2) is 8.78 Å². The van der Waals surface area contributed by atoms with Crippen LogP contribution in [0.5, 0.6) is 0 Å². The molecule has 2 aliphatic rings. The Kier molecular flexibility index (Phi) is 9.03. The van der Waals surface area contributed by atoms with Crippen molar-refractivity contribution in [2.45, 2.75) is 32.7 Å². The monoisotopic (exact) mass is 538 g/mol. The third kappa shape index (κ3) is 6.66. The van der Waals surface area contributed by atoms with Crippen molar-refractivity contribution < 1.29 is 18.3 Å². The highest BCUT2D eigenvalue weighted by molar-refractivity contribution is 6.01. The summed E-state index contributed by atoms with van der Waals surface area (Å²) in [5.74, 6) is -1.01. The lowest BCUT2D eigenvalue weighted by Gasteiger charge is -2.24. The van der Waals surface area contributed by atoms with Gasteiger partial charge in [-0.3, -0.25) is 14.6 Å². The summed E-state index contributed by atoms with van der Waals surface area (Å²) in [6, 6.07) is 9.96. The fourth-order valence-electron chi connectivity index (χ4n) is 4.59. The predicted octanol–water partition coefficient (Wildman–Crippen LogP) is 3.71. The topological polar surface area (TPSA) is 115 Å². The Bertz CT molecular complexity index is 1380. The summed E-state index contributed by atoms with van der Waals surface area (Å²) in [6.07, 6.45) is 4.64. The van der Waals surface area contributed by atoms with Crippen LogP contribution in [0.4, 0.5) is 25.8 Å². The SMILES string of the molecule is CC1CCN(c2c(NC=O)ccc(N)c2C=NC2CCOC2)C1.Cc1ccc(=O)n(-c2c(F)cccc2F)n1. The van der Waals surface area contributed by atoms with Gasteiger partial charge in [-0.2, -0.15) is 9.78 Å². The van der Waals surface area contributed by atoms with Crippen LogP contribution in [0.3, 0.4) is 0 Å². The molecule has 3 N–H and O–H groups in total. The molecular formula is C28H32F2N6O3. The Labute approximate surface area is 225 Å². The highest BCUT2D eigenvalue weighted by atomic mass is 19.1. The van der Waals surface area contributed by atoms with Crippen molar-refractivity contribution in [1.29, 1.82) is 0 Å². The van der Waals surface area contributed by atoms with E-state index in [1.807, 2.05) is 18.3 Å². The van der Waals surface area contributed by atoms with Gasteiger partial charge in [0.05, 0.1) is 29.7 Å². The molecule has 0 aliphatic carbocycles. The number of carbonyl (C=O) groups excluding carboxylic acids is 1. The molecule has 3 heterocycles. The van der Waals surface area contributed by atoms with E-state index < -0.39 is 22.9 Å². The zero-order valence-corrected chi connectivity index (χ0v) is 21.9. The van der Waals surface area contributed by atoms with Crippen molar-refractivity contribution in [3.8, 4) is 5.69 Å². The van der Waals surface area contributed by atoms with Crippen LogP contribution >= 0.6 is 0 Å². The van der Waals surface area contributed by atoms with Gasteiger partial charge >= 0.3 is 0 Å². The van der Waals surface area contributed by atoms with Gasteiger partial charge in [0.15, 0.2) is 11.6 Å². The maximum absolute atomic E-state index is 13.4. The predicted molar refractivity (Wildman–Crippen MR) is 148 cm³/mol. The number of para-hydroxylation sites is 1. The summed E-state index contributed by atoms with van der Waals surface area (Å²) in [5, 5.41) is 6.59. The largest absolute Gasteiger partial charge is 0.398 e. The highest BCUT2D eigenvalue weighted by Gasteiger charge is 2.24. The molecule has 1 amide bonds. The molecule has 11 heteroatoms. The smallest absolute Gasteiger partial charge is 0.271 e. The average Bonchev–Trinajstić information content (AvgIpc) is 3.58. The third-order valence-electron chi connectivity index (χ3n) is 6.61. The number of aliphatic imine (C=N–C) groups is 1. The van der Waals surface area contributed by atoms with Crippen LogP contribution in [-0.4, -0.2) is 54.8 Å². The van der Waals surface area contributed by atoms with Gasteiger partial charge in [0.2, 0.25) is 6.41 Å². The Balaban J connectivity index is 0.000000193. The minimum Gasteiger partial charge on any atom is -0.398 e. The number of nitrogen functional groups attached to an aromatic ring is 1. The number of nitrogens with one attached hydrogen (secondary N) is 1. The molecule has 0 radical (unpaired) electrons. The lowest BCUT2D eigenvalue weighted by Crippen LogP contribution is -2.23. The molecule has 39 heavy (non-hydrogen) atoms. The number of halogens is 2. The summed E-state index contributed by atoms with van der Waals surface area (Å²) >= 11 is 0. The first-order chi connectivity index (χ1) is 18.8. The Morgan fingerprint density at radius 3 is 2.54 bits per heavy atom. The van der Waals surface area contributed by atoms with E-state index in [1.165, 1.54) is 18.2 Å². The van der Waals surface area contributed by atoms with E-state index >= 15 is 0 Å². The minimum atomic E-state index is -0.819. The number of nitrogens with two attached hydrogens (primary N) is 1. The second-order valence-corrected chi connectivity index (χ2v) is 9.66. The molecule has 2 aliphatic heterocycles. The molecule has 2 unspecified atom stereocenters. The van der Waals surface area contributed by atoms with E-state index in [-0.39, 0.29) is 6.04 Å². The summed E-state index contributed by atoms with van der Waals surface area (Å²) in [5.41, 5.74) is 9.01. The minimum absolute atomic E-state index is 0.197. The van der Waals surface area contributed by atoms with E-state index in [4.69, 9.17) is 10.5 Å². The maximum atomic E-state index is 13.4. The number of nitrogens with zero attached hydrogens (tertiary/aromatic N) is 4. The summed E-state index contributed by atoms with van der Waals surface area (Å²) in [4.78, 5) is 29.3. The lowest BCUT2D eigenvalue weighted by atomic mass is 10.1. The number of aromatic nitrogens is 2. The molecule has 9 nitrogen and oxygen atoms in total. The molecule has 5 rings (SSSR count). The van der Waals surface area contributed by atoms with E-state index in [0.29, 0.717) is 30.3 Å². The number of benzene rings is 2. The first kappa shape index (κ1) is 27.9. The van der Waals surface area contributed by atoms with Crippen LogP contribution in [0, 0.1) is 24.5 Å². The molecule has 2 saturated heterocycles. The van der Waals surface area contributed by atoms with Crippen molar-refractivity contribution in [1.82, 2.24) is 9.78 Å². The number of carbonyl (C=O) groups is 1. The van der Waals surface area contributed by atoms with Gasteiger partial charge in [0.1, 0.15) is 5.69 Å². The number of anilines is 3. The van der Waals surface area contributed by atoms with Crippen LogP contribution in [0.25, 0.3) is 5.69 Å². The van der Waals surface area contributed by atoms with Gasteiger partial charge in [-0.05, 0) is 56.0 Å². The first-order valence-corrected chi connectivity index (χ1v) is 12.8. The normalized spacial score (nSPS) is 18.7. The van der Waals surface area contributed by atoms with Gasteiger partial charge < -0.3 is 20.7 Å². The standard InChI is InChI=1S/C17H24N4O2.C11H8F2N2O/c1-12-4-6-21(9-12)17-14(8-19-13-5-7-23-10-13)15(18)2-3-16(17)20-11-22;1-7-5-6-10(16)15(14-7)11-8(12)3-2-4-9(11)13/h2-3,8,11-13H,4-7,9-10,18H2,1H3,(H,20,22);2-6H,1H3. The maximum Gasteiger partial charge on any atom is 0.271 e. The zero-order valence-electron chi connectivity index (χ0n) is 21.9. The van der Waals surface area contributed by atoms with Crippen LogP contribution in [0.15, 0.2) is 52.3 Å². The van der Waals surface area contributed by atoms with E-state index in [2.05, 4.69) is 27.2 Å². The fraction of sp³-hybridized carbons (Fsp3) is 0.357. The Hall–Kier alpha value is -4.12. The van der Waals surface area contributed by atoms with Crippen LogP contribution in [-0.2, 0) is 9.53 Å². The molecule has 0 saturated carbocycles. The molecular weight excluding hydrogens is 506 g/mol. The second-order valence-electron chi connectivity index (χ2n) is 9.66. The number of hydrogen-bond acceptors (Lipinski definition) is 7. The molecule has 2 atom stereocenters. The van der Waals surface area contributed by atoms with Crippen molar-refractivity contribution in [3.63, 3.8) is 0 Å². The highest BCUT2D eigenvalue weighted by Crippen LogP contribution is 2.36. The van der Waals surface area contributed by atoms with Gasteiger partial charge in [-0.15, -0.1) is 0 Å². The fourth-order valence-corrected chi connectivity index (χ4v) is 4.59. The molecule has 0 bridgehead atoms. The van der Waals surface area contributed by atoms with E-state index in [1.54, 1.807) is 6.92 Å². The Morgan fingerprint density at radius 2 is 1.90 bits per heavy atom. The van der Waals surface area contributed by atoms with E-state index in [9.17, 15) is 18.4 Å². The van der Waals surface area contributed by atoms with E-state index in [0.717, 1.165) is 66.3 Å². The number of hydrogen-bond donors (Lipinski definition) is 2. The third-order valence-corrected chi connectivity index (χ3v) is 6.61. The molecule has 3 aromatic rings. The number of ether oxygens (including phenoxy) is 1. The van der Waals surface area contributed by atoms with Crippen molar-refractivity contribution in [3.05, 3.63) is 75.7 Å². The van der Waals surface area contributed by atoms with Crippen LogP contribution in [0.1, 0.15) is 31.0 Å². The summed E-state index contributed by atoms with van der Waals surface area (Å²) < 4.78 is 32.9. The number of amides is 1. The van der Waals surface area contributed by atoms with Gasteiger partial charge in [0.25, 0.3) is 5.56 Å². The van der Waals surface area contributed by atoms with Crippen molar-refractivity contribution in [2.75, 3.05) is 42.3 Å². The lowest BCUT2D eigenvalue weighted by molar-refractivity contribution is -0.105. The second kappa shape index (κ2) is 12.6. The molecule has 1 aromatic heterocycles. The van der Waals surface area contributed by atoms with Crippen molar-refractivity contribution in [2.24, 2.45) is 10.9 Å². The zero-order chi connectivity index (χ0) is 27.9. The molecule has 0 spiro atoms. The van der Waals surface area contributed by atoms with Gasteiger partial charge in [-0.1, -0.05) is 13.0 Å². The first-order valence-electron chi connectivity index (χ1n) is 12.8. The molecule has 2 aromatic carbocycles. The van der Waals surface area contributed by atoms with Crippen LogP contribution < -0.4 is 21.5 Å². The summed E-state index contributed by atoms with van der Waals surface area (Å²) in [7, 11) is 0. The van der Waals surface area contributed by atoms with Gasteiger partial charge in [0, 0.05) is 43.2 Å². The quantitative estimate of drug-likeness (QED) is 0.281. The molecule has 2 fully saturated rings. The summed E-state index contributed by atoms with van der Waals surface area (Å²) in [6.45, 7) is 7.23. The van der Waals surface area contributed by atoms with Crippen LogP contribution in [0.2, 0.25) is 0 Å². The Morgan fingerprint density at radius 1 is 1.13 bits per heavy atom. The van der Waals surface area contributed by atoms with Crippen molar-refractivity contribution >= 4 is 29.7 Å². The number of rotatable bonds is 6. The molecule has 206 valence electrons.